The molecule has 4 nitrogen and oxygen atoms in total. The molecule has 94 valence electrons. The summed E-state index contributed by atoms with van der Waals surface area (Å²) in [5.74, 6) is 0.925. The Morgan fingerprint density at radius 2 is 1.88 bits per heavy atom. The second-order valence-electron chi connectivity index (χ2n) is 5.81. The van der Waals surface area contributed by atoms with E-state index in [0.29, 0.717) is 0 Å². The van der Waals surface area contributed by atoms with Crippen molar-refractivity contribution < 1.29 is 0 Å². The topological polar surface area (TPSA) is 44.5 Å². The molecule has 1 atom stereocenters. The molecular weight excluding hydrogens is 200 g/mol. The maximum absolute atomic E-state index is 5.93. The van der Waals surface area contributed by atoms with E-state index in [-0.39, 0.29) is 5.54 Å². The van der Waals surface area contributed by atoms with E-state index in [1.165, 1.54) is 19.3 Å². The molecular formula is C12H26N4. The van der Waals surface area contributed by atoms with Gasteiger partial charge < -0.3 is 10.6 Å². The lowest BCUT2D eigenvalue weighted by atomic mass is 9.96. The highest BCUT2D eigenvalue weighted by atomic mass is 15.5. The van der Waals surface area contributed by atoms with E-state index in [1.807, 2.05) is 0 Å². The van der Waals surface area contributed by atoms with Gasteiger partial charge in [0.15, 0.2) is 0 Å². The molecule has 0 radical (unpaired) electrons. The molecule has 1 aliphatic carbocycles. The van der Waals surface area contributed by atoms with Crippen molar-refractivity contribution in [3.05, 3.63) is 0 Å². The summed E-state index contributed by atoms with van der Waals surface area (Å²) in [4.78, 5) is 2.37. The number of nitrogens with one attached hydrogen (secondary N) is 1. The third-order valence-corrected chi connectivity index (χ3v) is 3.82. The minimum atomic E-state index is 0.108. The van der Waals surface area contributed by atoms with Gasteiger partial charge in [-0.25, -0.2) is 10.4 Å². The van der Waals surface area contributed by atoms with E-state index in [9.17, 15) is 0 Å². The van der Waals surface area contributed by atoms with E-state index >= 15 is 0 Å². The molecule has 0 amide bonds. The predicted octanol–water partition coefficient (Wildman–Crippen LogP) is 0.256. The summed E-state index contributed by atoms with van der Waals surface area (Å²) >= 11 is 0. The van der Waals surface area contributed by atoms with Crippen molar-refractivity contribution in [3.8, 4) is 0 Å². The lowest BCUT2D eigenvalue weighted by Crippen LogP contribution is -2.60. The van der Waals surface area contributed by atoms with Crippen molar-refractivity contribution in [2.75, 3.05) is 39.8 Å². The molecule has 16 heavy (non-hydrogen) atoms. The number of hydrogen-bond donors (Lipinski definition) is 2. The third-order valence-electron chi connectivity index (χ3n) is 3.82. The van der Waals surface area contributed by atoms with Crippen LogP contribution in [0.25, 0.3) is 0 Å². The smallest absolute Gasteiger partial charge is 0.0422 e. The predicted molar refractivity (Wildman–Crippen MR) is 67.0 cm³/mol. The molecule has 2 rings (SSSR count). The first-order valence-electron chi connectivity index (χ1n) is 6.53. The molecule has 0 bridgehead atoms. The van der Waals surface area contributed by atoms with E-state index in [2.05, 4.69) is 29.3 Å². The summed E-state index contributed by atoms with van der Waals surface area (Å²) in [7, 11) is 2.18. The molecule has 1 unspecified atom stereocenters. The normalized spacial score (nSPS) is 27.9. The molecule has 0 aromatic heterocycles. The van der Waals surface area contributed by atoms with Crippen LogP contribution in [0.15, 0.2) is 0 Å². The molecule has 1 heterocycles. The molecule has 3 N–H and O–H groups in total. The fraction of sp³-hybridized carbons (Fsp3) is 1.00. The Labute approximate surface area is 99.1 Å². The Morgan fingerprint density at radius 1 is 1.25 bits per heavy atom. The largest absolute Gasteiger partial charge is 0.329 e. The van der Waals surface area contributed by atoms with Gasteiger partial charge in [-0.2, -0.15) is 0 Å². The van der Waals surface area contributed by atoms with Crippen molar-refractivity contribution in [2.45, 2.75) is 31.7 Å². The summed E-state index contributed by atoms with van der Waals surface area (Å²) in [5.41, 5.74) is 9.69. The molecule has 0 aromatic carbocycles. The van der Waals surface area contributed by atoms with Crippen LogP contribution in [0.2, 0.25) is 0 Å². The van der Waals surface area contributed by atoms with Gasteiger partial charge in [-0.1, -0.05) is 12.8 Å². The third kappa shape index (κ3) is 3.42. The lowest BCUT2D eigenvalue weighted by molar-refractivity contribution is 0.0557. The summed E-state index contributed by atoms with van der Waals surface area (Å²) in [5, 5.41) is 2.36. The van der Waals surface area contributed by atoms with E-state index in [0.717, 1.165) is 38.6 Å². The highest BCUT2D eigenvalue weighted by Gasteiger charge is 2.33. The van der Waals surface area contributed by atoms with E-state index in [1.54, 1.807) is 0 Å². The minimum absolute atomic E-state index is 0.108. The number of rotatable bonds is 5. The zero-order valence-electron chi connectivity index (χ0n) is 10.7. The maximum Gasteiger partial charge on any atom is 0.0422 e. The SMILES string of the molecule is CN1CCN(NC(C)(CN)CC2CC2)CC1. The second-order valence-corrected chi connectivity index (χ2v) is 5.81. The van der Waals surface area contributed by atoms with Crippen LogP contribution in [-0.2, 0) is 0 Å². The summed E-state index contributed by atoms with van der Waals surface area (Å²) in [6, 6.07) is 0. The van der Waals surface area contributed by atoms with Crippen LogP contribution in [0.4, 0.5) is 0 Å². The van der Waals surface area contributed by atoms with Crippen LogP contribution >= 0.6 is 0 Å². The highest BCUT2D eigenvalue weighted by molar-refractivity contribution is 4.90. The van der Waals surface area contributed by atoms with E-state index < -0.39 is 0 Å². The molecule has 1 saturated carbocycles. The molecule has 0 spiro atoms. The first kappa shape index (κ1) is 12.3. The molecule has 2 aliphatic rings. The molecule has 1 aliphatic heterocycles. The van der Waals surface area contributed by atoms with Gasteiger partial charge in [-0.15, -0.1) is 0 Å². The molecule has 4 heteroatoms. The van der Waals surface area contributed by atoms with Gasteiger partial charge in [-0.05, 0) is 26.3 Å². The standard InChI is InChI=1S/C12H26N4/c1-12(10-13,9-11-3-4-11)14-16-7-5-15(2)6-8-16/h11,14H,3-10,13H2,1-2H3. The fourth-order valence-electron chi connectivity index (χ4n) is 2.43. The van der Waals surface area contributed by atoms with Crippen molar-refractivity contribution in [1.82, 2.24) is 15.3 Å². The zero-order chi connectivity index (χ0) is 11.6. The van der Waals surface area contributed by atoms with Gasteiger partial charge in [-0.3, -0.25) is 0 Å². The zero-order valence-corrected chi connectivity index (χ0v) is 10.7. The van der Waals surface area contributed by atoms with Crippen LogP contribution < -0.4 is 11.2 Å². The van der Waals surface area contributed by atoms with Crippen molar-refractivity contribution in [3.63, 3.8) is 0 Å². The maximum atomic E-state index is 5.93. The summed E-state index contributed by atoms with van der Waals surface area (Å²) in [6.45, 7) is 7.52. The van der Waals surface area contributed by atoms with Crippen molar-refractivity contribution >= 4 is 0 Å². The number of hydrazine groups is 1. The van der Waals surface area contributed by atoms with Gasteiger partial charge in [0.25, 0.3) is 0 Å². The van der Waals surface area contributed by atoms with Crippen LogP contribution in [-0.4, -0.2) is 55.2 Å². The number of nitrogens with zero attached hydrogens (tertiary/aromatic N) is 2. The second kappa shape index (κ2) is 5.00. The van der Waals surface area contributed by atoms with Crippen molar-refractivity contribution in [2.24, 2.45) is 11.7 Å². The number of likely N-dealkylation sites (N-methyl/N-ethyl adjacent to an activating group) is 1. The van der Waals surface area contributed by atoms with Gasteiger partial charge in [0.2, 0.25) is 0 Å². The fourth-order valence-corrected chi connectivity index (χ4v) is 2.43. The van der Waals surface area contributed by atoms with Crippen LogP contribution in [0.3, 0.4) is 0 Å². The minimum Gasteiger partial charge on any atom is -0.329 e. The highest BCUT2D eigenvalue weighted by Crippen LogP contribution is 2.36. The average Bonchev–Trinajstić information content (AvgIpc) is 3.05. The van der Waals surface area contributed by atoms with Gasteiger partial charge in [0, 0.05) is 38.3 Å². The first-order chi connectivity index (χ1) is 7.61. The lowest BCUT2D eigenvalue weighted by Gasteiger charge is -2.40. The quantitative estimate of drug-likeness (QED) is 0.706. The van der Waals surface area contributed by atoms with E-state index in [4.69, 9.17) is 5.73 Å². The van der Waals surface area contributed by atoms with Gasteiger partial charge >= 0.3 is 0 Å². The monoisotopic (exact) mass is 226 g/mol. The Morgan fingerprint density at radius 3 is 2.38 bits per heavy atom. The Kier molecular flexibility index (Phi) is 3.85. The molecule has 1 saturated heterocycles. The Bertz CT molecular complexity index is 221. The van der Waals surface area contributed by atoms with Crippen LogP contribution in [0.1, 0.15) is 26.2 Å². The molecule has 0 aromatic rings. The number of piperazine rings is 1. The number of nitrogens with two attached hydrogens (primary N) is 1. The van der Waals surface area contributed by atoms with Crippen LogP contribution in [0, 0.1) is 5.92 Å². The average molecular weight is 226 g/mol. The first-order valence-corrected chi connectivity index (χ1v) is 6.53. The summed E-state index contributed by atoms with van der Waals surface area (Å²) < 4.78 is 0. The Hall–Kier alpha value is -0.160. The van der Waals surface area contributed by atoms with Crippen molar-refractivity contribution in [1.29, 1.82) is 0 Å². The number of hydrogen-bond acceptors (Lipinski definition) is 4. The molecule has 2 fully saturated rings. The van der Waals surface area contributed by atoms with Gasteiger partial charge in [0.05, 0.1) is 0 Å². The van der Waals surface area contributed by atoms with Gasteiger partial charge in [0.1, 0.15) is 0 Å². The Balaban J connectivity index is 1.80. The van der Waals surface area contributed by atoms with Crippen LogP contribution in [0.5, 0.6) is 0 Å². The summed E-state index contributed by atoms with van der Waals surface area (Å²) in [6.07, 6.45) is 4.04.